The van der Waals surface area contributed by atoms with E-state index in [1.165, 1.54) is 12.8 Å². The highest BCUT2D eigenvalue weighted by atomic mass is 16.3. The van der Waals surface area contributed by atoms with Crippen LogP contribution < -0.4 is 5.32 Å². The van der Waals surface area contributed by atoms with Crippen molar-refractivity contribution in [1.82, 2.24) is 29.7 Å². The number of anilines is 1. The van der Waals surface area contributed by atoms with Crippen LogP contribution in [0.2, 0.25) is 0 Å². The van der Waals surface area contributed by atoms with Gasteiger partial charge in [0.2, 0.25) is 0 Å². The van der Waals surface area contributed by atoms with Crippen molar-refractivity contribution < 1.29 is 9.90 Å². The maximum Gasteiger partial charge on any atom is 0.275 e. The van der Waals surface area contributed by atoms with Gasteiger partial charge in [-0.2, -0.15) is 0 Å². The molecule has 172 valence electrons. The first-order valence-electron chi connectivity index (χ1n) is 11.3. The van der Waals surface area contributed by atoms with E-state index in [2.05, 4.69) is 36.5 Å². The lowest BCUT2D eigenvalue weighted by Crippen LogP contribution is -2.19. The number of carbonyl (C=O) groups excluding carboxylic acids is 1. The van der Waals surface area contributed by atoms with E-state index >= 15 is 0 Å². The Bertz CT molecular complexity index is 1310. The number of pyridine rings is 3. The molecule has 34 heavy (non-hydrogen) atoms. The van der Waals surface area contributed by atoms with Gasteiger partial charge >= 0.3 is 0 Å². The molecule has 9 nitrogen and oxygen atoms in total. The third kappa shape index (κ3) is 4.55. The zero-order chi connectivity index (χ0) is 23.7. The number of hydrogen-bond acceptors (Lipinski definition) is 7. The predicted octanol–water partition coefficient (Wildman–Crippen LogP) is 3.87. The number of hydrogen-bond donors (Lipinski definition) is 2. The second-order valence-electron chi connectivity index (χ2n) is 8.58. The number of aliphatic hydroxyl groups excluding tert-OH is 1. The van der Waals surface area contributed by atoms with Crippen LogP contribution in [0.25, 0.3) is 22.6 Å². The van der Waals surface area contributed by atoms with Gasteiger partial charge in [0.15, 0.2) is 5.82 Å². The molecule has 1 amide bonds. The molecule has 4 aromatic rings. The van der Waals surface area contributed by atoms with Gasteiger partial charge in [0.1, 0.15) is 23.5 Å². The van der Waals surface area contributed by atoms with E-state index < -0.39 is 6.10 Å². The van der Waals surface area contributed by atoms with E-state index in [0.717, 1.165) is 16.8 Å². The van der Waals surface area contributed by atoms with Gasteiger partial charge in [0.05, 0.1) is 12.1 Å². The Balaban J connectivity index is 1.34. The molecule has 4 aromatic heterocycles. The molecule has 1 aliphatic rings. The standard InChI is InChI=1S/C25H25N7O2/c1-15(16(2)33)32-14-28-31-24(32)21-4-3-5-23(29-21)30-25(34)22-12-18(10-11-26-22)19-8-9-20(27-13-19)17-6-7-17/h3-5,8-17,33H,6-7H2,1-2H3,(H,29,30,34)/t15-,16-/m0/s1. The predicted molar refractivity (Wildman–Crippen MR) is 127 cm³/mol. The molecule has 0 bridgehead atoms. The molecular formula is C25H25N7O2. The van der Waals surface area contributed by atoms with Crippen molar-refractivity contribution in [3.8, 4) is 22.6 Å². The molecule has 0 aromatic carbocycles. The molecule has 1 saturated carbocycles. The van der Waals surface area contributed by atoms with E-state index in [-0.39, 0.29) is 17.6 Å². The van der Waals surface area contributed by atoms with Crippen LogP contribution in [0.4, 0.5) is 5.82 Å². The Labute approximate surface area is 197 Å². The second kappa shape index (κ2) is 9.11. The minimum atomic E-state index is -0.587. The Hall–Kier alpha value is -3.98. The molecule has 2 N–H and O–H groups in total. The smallest absolute Gasteiger partial charge is 0.275 e. The quantitative estimate of drug-likeness (QED) is 0.434. The van der Waals surface area contributed by atoms with Crippen molar-refractivity contribution in [1.29, 1.82) is 0 Å². The summed E-state index contributed by atoms with van der Waals surface area (Å²) >= 11 is 0. The number of aliphatic hydroxyl groups is 1. The first-order chi connectivity index (χ1) is 16.5. The molecule has 9 heteroatoms. The molecule has 0 saturated heterocycles. The highest BCUT2D eigenvalue weighted by Gasteiger charge is 2.24. The zero-order valence-electron chi connectivity index (χ0n) is 19.0. The molecule has 4 heterocycles. The van der Waals surface area contributed by atoms with Gasteiger partial charge < -0.3 is 15.0 Å². The van der Waals surface area contributed by atoms with E-state index in [1.54, 1.807) is 48.3 Å². The molecule has 0 unspecified atom stereocenters. The molecular weight excluding hydrogens is 430 g/mol. The molecule has 0 spiro atoms. The van der Waals surface area contributed by atoms with Gasteiger partial charge in [-0.05, 0) is 62.6 Å². The fourth-order valence-electron chi connectivity index (χ4n) is 3.70. The van der Waals surface area contributed by atoms with Crippen LogP contribution in [0.5, 0.6) is 0 Å². The Morgan fingerprint density at radius 2 is 1.97 bits per heavy atom. The number of nitrogens with zero attached hydrogens (tertiary/aromatic N) is 6. The van der Waals surface area contributed by atoms with Crippen molar-refractivity contribution in [2.45, 2.75) is 44.8 Å². The summed E-state index contributed by atoms with van der Waals surface area (Å²) in [7, 11) is 0. The third-order valence-corrected chi connectivity index (χ3v) is 6.04. The maximum atomic E-state index is 12.9. The SMILES string of the molecule is C[C@H](O)[C@H](C)n1cnnc1-c1cccc(NC(=O)c2cc(-c3ccc(C4CC4)nc3)ccn2)n1. The van der Waals surface area contributed by atoms with Crippen molar-refractivity contribution in [3.05, 3.63) is 72.6 Å². The normalized spacial score (nSPS) is 15.0. The summed E-state index contributed by atoms with van der Waals surface area (Å²) in [5.74, 6) is 1.10. The lowest BCUT2D eigenvalue weighted by molar-refractivity contribution is 0.102. The van der Waals surface area contributed by atoms with Crippen LogP contribution in [-0.2, 0) is 0 Å². The molecule has 5 rings (SSSR count). The summed E-state index contributed by atoms with van der Waals surface area (Å²) in [5.41, 5.74) is 3.75. The fourth-order valence-corrected chi connectivity index (χ4v) is 3.70. The van der Waals surface area contributed by atoms with Gasteiger partial charge in [-0.25, -0.2) is 4.98 Å². The maximum absolute atomic E-state index is 12.9. The summed E-state index contributed by atoms with van der Waals surface area (Å²) in [6, 6.07) is 12.7. The van der Waals surface area contributed by atoms with E-state index in [9.17, 15) is 9.90 Å². The fraction of sp³-hybridized carbons (Fsp3) is 0.280. The first-order valence-corrected chi connectivity index (χ1v) is 11.3. The van der Waals surface area contributed by atoms with Gasteiger partial charge in [0.25, 0.3) is 5.91 Å². The minimum Gasteiger partial charge on any atom is -0.391 e. The topological polar surface area (TPSA) is 119 Å². The summed E-state index contributed by atoms with van der Waals surface area (Å²) in [6.45, 7) is 3.58. The molecule has 1 aliphatic carbocycles. The van der Waals surface area contributed by atoms with Gasteiger partial charge in [-0.15, -0.1) is 10.2 Å². The number of rotatable bonds is 7. The summed E-state index contributed by atoms with van der Waals surface area (Å²) in [5, 5.41) is 20.9. The van der Waals surface area contributed by atoms with Crippen LogP contribution >= 0.6 is 0 Å². The Kier molecular flexibility index (Phi) is 5.85. The summed E-state index contributed by atoms with van der Waals surface area (Å²) in [4.78, 5) is 26.2. The number of carbonyl (C=O) groups is 1. The van der Waals surface area contributed by atoms with E-state index in [0.29, 0.717) is 23.3 Å². The minimum absolute atomic E-state index is 0.232. The molecule has 0 aliphatic heterocycles. The Morgan fingerprint density at radius 1 is 1.12 bits per heavy atom. The summed E-state index contributed by atoms with van der Waals surface area (Å²) < 4.78 is 1.76. The first kappa shape index (κ1) is 21.8. The Morgan fingerprint density at radius 3 is 2.71 bits per heavy atom. The average molecular weight is 456 g/mol. The van der Waals surface area contributed by atoms with Crippen LogP contribution in [0, 0.1) is 0 Å². The highest BCUT2D eigenvalue weighted by Crippen LogP contribution is 2.39. The molecule has 2 atom stereocenters. The van der Waals surface area contributed by atoms with E-state index in [1.807, 2.05) is 25.3 Å². The monoisotopic (exact) mass is 455 g/mol. The van der Waals surface area contributed by atoms with Crippen molar-refractivity contribution in [2.75, 3.05) is 5.32 Å². The third-order valence-electron chi connectivity index (χ3n) is 6.04. The van der Waals surface area contributed by atoms with Gasteiger partial charge in [-0.1, -0.05) is 12.1 Å². The van der Waals surface area contributed by atoms with Crippen LogP contribution in [0.3, 0.4) is 0 Å². The number of nitrogens with one attached hydrogen (secondary N) is 1. The summed E-state index contributed by atoms with van der Waals surface area (Å²) in [6.07, 6.45) is 6.85. The van der Waals surface area contributed by atoms with Crippen LogP contribution in [0.1, 0.15) is 54.8 Å². The molecule has 1 fully saturated rings. The second-order valence-corrected chi connectivity index (χ2v) is 8.58. The largest absolute Gasteiger partial charge is 0.391 e. The highest BCUT2D eigenvalue weighted by molar-refractivity contribution is 6.03. The zero-order valence-corrected chi connectivity index (χ0v) is 19.0. The van der Waals surface area contributed by atoms with Crippen LogP contribution in [-0.4, -0.2) is 46.8 Å². The lowest BCUT2D eigenvalue weighted by Gasteiger charge is -2.17. The van der Waals surface area contributed by atoms with E-state index in [4.69, 9.17) is 0 Å². The molecule has 0 radical (unpaired) electrons. The van der Waals surface area contributed by atoms with Crippen molar-refractivity contribution >= 4 is 11.7 Å². The van der Waals surface area contributed by atoms with Gasteiger partial charge in [0, 0.05) is 29.6 Å². The van der Waals surface area contributed by atoms with Crippen molar-refractivity contribution in [2.24, 2.45) is 0 Å². The lowest BCUT2D eigenvalue weighted by atomic mass is 10.1. The van der Waals surface area contributed by atoms with Crippen LogP contribution in [0.15, 0.2) is 61.2 Å². The average Bonchev–Trinajstić information content (AvgIpc) is 3.60. The van der Waals surface area contributed by atoms with Crippen molar-refractivity contribution in [3.63, 3.8) is 0 Å². The number of amides is 1. The number of aromatic nitrogens is 6. The van der Waals surface area contributed by atoms with Gasteiger partial charge in [-0.3, -0.25) is 14.8 Å².